The van der Waals surface area contributed by atoms with E-state index in [0.29, 0.717) is 10.8 Å². The van der Waals surface area contributed by atoms with Crippen LogP contribution in [0.4, 0.5) is 0 Å². The fourth-order valence-electron chi connectivity index (χ4n) is 2.73. The molecule has 0 aromatic carbocycles. The third-order valence-corrected chi connectivity index (χ3v) is 5.27. The van der Waals surface area contributed by atoms with E-state index in [4.69, 9.17) is 5.84 Å². The highest BCUT2D eigenvalue weighted by atomic mass is 32.2. The van der Waals surface area contributed by atoms with Gasteiger partial charge in [0.15, 0.2) is 0 Å². The van der Waals surface area contributed by atoms with E-state index in [2.05, 4.69) is 33.1 Å². The Bertz CT molecular complexity index is 213. The lowest BCUT2D eigenvalue weighted by Gasteiger charge is -2.35. The van der Waals surface area contributed by atoms with Crippen LogP contribution < -0.4 is 11.3 Å². The molecule has 1 rings (SSSR count). The zero-order chi connectivity index (χ0) is 12.9. The van der Waals surface area contributed by atoms with Crippen LogP contribution in [0.15, 0.2) is 0 Å². The average molecular weight is 258 g/mol. The Labute approximate surface area is 111 Å². The van der Waals surface area contributed by atoms with Gasteiger partial charge in [0, 0.05) is 16.5 Å². The highest BCUT2D eigenvalue weighted by molar-refractivity contribution is 8.00. The second kappa shape index (κ2) is 7.01. The molecule has 0 aromatic rings. The summed E-state index contributed by atoms with van der Waals surface area (Å²) in [5.41, 5.74) is 3.07. The summed E-state index contributed by atoms with van der Waals surface area (Å²) < 4.78 is 0.341. The quantitative estimate of drug-likeness (QED) is 0.585. The first kappa shape index (κ1) is 15.3. The first-order valence-corrected chi connectivity index (χ1v) is 8.05. The van der Waals surface area contributed by atoms with Crippen LogP contribution in [-0.4, -0.2) is 16.5 Å². The van der Waals surface area contributed by atoms with Crippen molar-refractivity contribution in [3.8, 4) is 0 Å². The van der Waals surface area contributed by atoms with Crippen molar-refractivity contribution in [3.05, 3.63) is 0 Å². The van der Waals surface area contributed by atoms with Crippen LogP contribution in [0.2, 0.25) is 0 Å². The third-order valence-electron chi connectivity index (χ3n) is 3.88. The lowest BCUT2D eigenvalue weighted by Crippen LogP contribution is -2.45. The molecule has 17 heavy (non-hydrogen) atoms. The zero-order valence-electron chi connectivity index (χ0n) is 12.0. The van der Waals surface area contributed by atoms with Crippen molar-refractivity contribution >= 4 is 11.8 Å². The number of hydrazine groups is 1. The van der Waals surface area contributed by atoms with Gasteiger partial charge in [0.05, 0.1) is 0 Å². The second-order valence-electron chi connectivity index (χ2n) is 6.40. The maximum atomic E-state index is 5.76. The Kier molecular flexibility index (Phi) is 6.32. The summed E-state index contributed by atoms with van der Waals surface area (Å²) >= 11 is 2.03. The van der Waals surface area contributed by atoms with Gasteiger partial charge in [-0.15, -0.1) is 0 Å². The van der Waals surface area contributed by atoms with E-state index < -0.39 is 0 Å². The predicted molar refractivity (Wildman–Crippen MR) is 79.1 cm³/mol. The molecule has 0 bridgehead atoms. The highest BCUT2D eigenvalue weighted by Gasteiger charge is 2.28. The van der Waals surface area contributed by atoms with E-state index in [1.54, 1.807) is 0 Å². The van der Waals surface area contributed by atoms with Crippen LogP contribution in [0.25, 0.3) is 0 Å². The van der Waals surface area contributed by atoms with Crippen molar-refractivity contribution in [1.29, 1.82) is 0 Å². The van der Waals surface area contributed by atoms with Crippen molar-refractivity contribution in [2.75, 3.05) is 5.75 Å². The van der Waals surface area contributed by atoms with E-state index in [-0.39, 0.29) is 0 Å². The van der Waals surface area contributed by atoms with Gasteiger partial charge in [-0.25, -0.2) is 0 Å². The summed E-state index contributed by atoms with van der Waals surface area (Å²) in [6.07, 6.45) is 6.88. The molecule has 0 aliphatic heterocycles. The Morgan fingerprint density at radius 3 is 2.59 bits per heavy atom. The van der Waals surface area contributed by atoms with Crippen LogP contribution in [0.3, 0.4) is 0 Å². The van der Waals surface area contributed by atoms with Crippen molar-refractivity contribution in [2.45, 2.75) is 70.6 Å². The summed E-state index contributed by atoms with van der Waals surface area (Å²) in [7, 11) is 0. The molecule has 1 saturated carbocycles. The van der Waals surface area contributed by atoms with Crippen LogP contribution >= 0.6 is 11.8 Å². The minimum Gasteiger partial charge on any atom is -0.271 e. The molecule has 0 aromatic heterocycles. The lowest BCUT2D eigenvalue weighted by atomic mass is 9.77. The van der Waals surface area contributed by atoms with E-state index in [0.717, 1.165) is 17.6 Å². The van der Waals surface area contributed by atoms with E-state index in [1.165, 1.54) is 32.1 Å². The molecule has 3 atom stereocenters. The summed E-state index contributed by atoms with van der Waals surface area (Å²) in [4.78, 5) is 0. The molecule has 1 fully saturated rings. The van der Waals surface area contributed by atoms with Gasteiger partial charge in [-0.2, -0.15) is 11.8 Å². The molecule has 0 radical (unpaired) electrons. The molecule has 3 N–H and O–H groups in total. The van der Waals surface area contributed by atoms with E-state index in [1.807, 2.05) is 11.8 Å². The van der Waals surface area contributed by atoms with Gasteiger partial charge >= 0.3 is 0 Å². The maximum Gasteiger partial charge on any atom is 0.0329 e. The number of nitrogens with one attached hydrogen (secondary N) is 1. The van der Waals surface area contributed by atoms with E-state index >= 15 is 0 Å². The molecule has 1 aliphatic carbocycles. The number of hydrogen-bond donors (Lipinski definition) is 2. The zero-order valence-corrected chi connectivity index (χ0v) is 12.8. The number of nitrogens with two attached hydrogens (primary N) is 1. The lowest BCUT2D eigenvalue weighted by molar-refractivity contribution is 0.219. The van der Waals surface area contributed by atoms with Crippen LogP contribution in [0, 0.1) is 11.8 Å². The van der Waals surface area contributed by atoms with Crippen molar-refractivity contribution in [2.24, 2.45) is 17.7 Å². The first-order valence-electron chi connectivity index (χ1n) is 7.06. The van der Waals surface area contributed by atoms with Crippen molar-refractivity contribution in [3.63, 3.8) is 0 Å². The normalized spacial score (nSPS) is 28.1. The van der Waals surface area contributed by atoms with Crippen LogP contribution in [-0.2, 0) is 0 Å². The number of rotatable bonds is 5. The van der Waals surface area contributed by atoms with Gasteiger partial charge in [-0.3, -0.25) is 11.3 Å². The minimum atomic E-state index is 0.341. The largest absolute Gasteiger partial charge is 0.271 e. The van der Waals surface area contributed by atoms with Gasteiger partial charge in [0.2, 0.25) is 0 Å². The Morgan fingerprint density at radius 2 is 2.06 bits per heavy atom. The number of thioether (sulfide) groups is 1. The van der Waals surface area contributed by atoms with Gasteiger partial charge in [-0.05, 0) is 24.7 Å². The highest BCUT2D eigenvalue weighted by Crippen LogP contribution is 2.35. The monoisotopic (exact) mass is 258 g/mol. The van der Waals surface area contributed by atoms with Gasteiger partial charge in [-0.1, -0.05) is 47.0 Å². The second-order valence-corrected chi connectivity index (χ2v) is 8.24. The molecule has 3 heteroatoms. The average Bonchev–Trinajstić information content (AvgIpc) is 2.29. The molecule has 2 nitrogen and oxygen atoms in total. The standard InChI is InChI=1S/C14H30N2S/c1-5-11-7-6-8-12(9-11)13(16-15)10-17-14(2,3)4/h11-13,16H,5-10,15H2,1-4H3. The molecule has 0 saturated heterocycles. The van der Waals surface area contributed by atoms with Crippen LogP contribution in [0.1, 0.15) is 59.8 Å². The molecule has 102 valence electrons. The third kappa shape index (κ3) is 5.62. The fraction of sp³-hybridized carbons (Fsp3) is 1.00. The molecular formula is C14H30N2S. The van der Waals surface area contributed by atoms with Gasteiger partial charge in [0.25, 0.3) is 0 Å². The fourth-order valence-corrected chi connectivity index (χ4v) is 3.78. The molecule has 1 aliphatic rings. The predicted octanol–water partition coefficient (Wildman–Crippen LogP) is 3.57. The van der Waals surface area contributed by atoms with Crippen LogP contribution in [0.5, 0.6) is 0 Å². The Balaban J connectivity index is 2.43. The Morgan fingerprint density at radius 1 is 1.35 bits per heavy atom. The molecule has 0 spiro atoms. The summed E-state index contributed by atoms with van der Waals surface area (Å²) in [5.74, 6) is 8.62. The maximum absolute atomic E-state index is 5.76. The molecule has 0 amide bonds. The molecule has 3 unspecified atom stereocenters. The summed E-state index contributed by atoms with van der Waals surface area (Å²) in [6.45, 7) is 9.16. The van der Waals surface area contributed by atoms with Crippen molar-refractivity contribution < 1.29 is 0 Å². The SMILES string of the molecule is CCC1CCCC(C(CSC(C)(C)C)NN)C1. The van der Waals surface area contributed by atoms with E-state index in [9.17, 15) is 0 Å². The topological polar surface area (TPSA) is 38.0 Å². The number of hydrogen-bond acceptors (Lipinski definition) is 3. The molecule has 0 heterocycles. The Hall–Kier alpha value is 0.270. The first-order chi connectivity index (χ1) is 7.96. The minimum absolute atomic E-state index is 0.341. The molecular weight excluding hydrogens is 228 g/mol. The summed E-state index contributed by atoms with van der Waals surface area (Å²) in [6, 6.07) is 0.494. The smallest absolute Gasteiger partial charge is 0.0329 e. The van der Waals surface area contributed by atoms with Gasteiger partial charge in [0.1, 0.15) is 0 Å². The van der Waals surface area contributed by atoms with Crippen molar-refractivity contribution in [1.82, 2.24) is 5.43 Å². The summed E-state index contributed by atoms with van der Waals surface area (Å²) in [5, 5.41) is 0. The van der Waals surface area contributed by atoms with Gasteiger partial charge < -0.3 is 0 Å².